The van der Waals surface area contributed by atoms with Gasteiger partial charge < -0.3 is 9.64 Å². The number of hydrogen-bond acceptors (Lipinski definition) is 6. The first-order valence-electron chi connectivity index (χ1n) is 11.7. The van der Waals surface area contributed by atoms with Gasteiger partial charge in [0.25, 0.3) is 5.91 Å². The Morgan fingerprint density at radius 1 is 1.06 bits per heavy atom. The average molecular weight is 493 g/mol. The molecule has 1 unspecified atom stereocenters. The molecule has 1 amide bonds. The summed E-state index contributed by atoms with van der Waals surface area (Å²) in [6, 6.07) is 15.5. The van der Waals surface area contributed by atoms with E-state index in [0.29, 0.717) is 28.6 Å². The molecule has 0 bridgehead atoms. The number of aromatic nitrogens is 1. The minimum atomic E-state index is -3.39. The number of carbonyl (C=O) groups is 2. The van der Waals surface area contributed by atoms with Crippen molar-refractivity contribution in [2.75, 3.05) is 17.3 Å². The predicted molar refractivity (Wildman–Crippen MR) is 136 cm³/mol. The first-order valence-corrected chi connectivity index (χ1v) is 13.4. The Morgan fingerprint density at radius 2 is 1.77 bits per heavy atom. The highest BCUT2D eigenvalue weighted by atomic mass is 32.2. The van der Waals surface area contributed by atoms with Crippen molar-refractivity contribution in [3.8, 4) is 0 Å². The largest absolute Gasteiger partial charge is 0.452 e. The van der Waals surface area contributed by atoms with Gasteiger partial charge >= 0.3 is 5.97 Å². The van der Waals surface area contributed by atoms with Crippen molar-refractivity contribution in [1.82, 2.24) is 4.98 Å². The Balaban J connectivity index is 1.63. The van der Waals surface area contributed by atoms with Crippen LogP contribution in [0.5, 0.6) is 0 Å². The first kappa shape index (κ1) is 24.6. The van der Waals surface area contributed by atoms with Crippen molar-refractivity contribution in [2.24, 2.45) is 0 Å². The molecule has 2 aromatic carbocycles. The molecule has 8 heteroatoms. The molecule has 1 aliphatic rings. The Kier molecular flexibility index (Phi) is 7.31. The summed E-state index contributed by atoms with van der Waals surface area (Å²) in [5.41, 5.74) is 3.36. The van der Waals surface area contributed by atoms with E-state index < -0.39 is 34.4 Å². The number of anilines is 1. The van der Waals surface area contributed by atoms with E-state index in [1.54, 1.807) is 24.3 Å². The molecule has 1 aromatic heterocycles. The van der Waals surface area contributed by atoms with Crippen LogP contribution in [0.3, 0.4) is 0 Å². The number of hydrogen-bond donors (Lipinski definition) is 0. The minimum Gasteiger partial charge on any atom is -0.452 e. The van der Waals surface area contributed by atoms with E-state index in [4.69, 9.17) is 9.72 Å². The molecule has 1 atom stereocenters. The summed E-state index contributed by atoms with van der Waals surface area (Å²) in [4.78, 5) is 32.8. The second-order valence-corrected chi connectivity index (χ2v) is 10.4. The summed E-state index contributed by atoms with van der Waals surface area (Å²) in [6.07, 6.45) is 3.71. The molecule has 1 aliphatic heterocycles. The number of rotatable bonds is 8. The van der Waals surface area contributed by atoms with Crippen LogP contribution in [0.2, 0.25) is 0 Å². The lowest BCUT2D eigenvalue weighted by molar-refractivity contribution is -0.121. The van der Waals surface area contributed by atoms with Crippen molar-refractivity contribution in [3.63, 3.8) is 0 Å². The van der Waals surface area contributed by atoms with Crippen molar-refractivity contribution in [3.05, 3.63) is 82.9 Å². The zero-order valence-electron chi connectivity index (χ0n) is 19.8. The average Bonchev–Trinajstić information content (AvgIpc) is 3.21. The number of para-hydroxylation sites is 2. The molecule has 0 fully saturated rings. The third-order valence-electron chi connectivity index (χ3n) is 6.00. The van der Waals surface area contributed by atoms with Crippen molar-refractivity contribution < 1.29 is 22.7 Å². The topological polar surface area (TPSA) is 93.6 Å². The fraction of sp³-hybridized carbons (Fsp3) is 0.296. The van der Waals surface area contributed by atoms with Gasteiger partial charge in [0.15, 0.2) is 16.4 Å². The monoisotopic (exact) mass is 492 g/mol. The van der Waals surface area contributed by atoms with Crippen molar-refractivity contribution >= 4 is 38.3 Å². The van der Waals surface area contributed by atoms with E-state index >= 15 is 0 Å². The quantitative estimate of drug-likeness (QED) is 0.437. The highest BCUT2D eigenvalue weighted by molar-refractivity contribution is 7.94. The van der Waals surface area contributed by atoms with Gasteiger partial charge in [-0.15, -0.1) is 0 Å². The van der Waals surface area contributed by atoms with Gasteiger partial charge in [0.2, 0.25) is 0 Å². The van der Waals surface area contributed by atoms with Crippen LogP contribution in [0.25, 0.3) is 10.9 Å². The standard InChI is InChI=1S/C27H28N2O5S/c1-3-10-23-21(4-2)26(22-13-8-9-14-24(22)28-23)27(31)34-17-25(30)29(19-11-6-5-7-12-19)20-15-16-35(32,33)18-20/h5-9,11-16,20H,3-4,10,17-18H2,1-2H3. The summed E-state index contributed by atoms with van der Waals surface area (Å²) in [6.45, 7) is 3.51. The van der Waals surface area contributed by atoms with Gasteiger partial charge in [-0.05, 0) is 42.7 Å². The summed E-state index contributed by atoms with van der Waals surface area (Å²) in [5.74, 6) is -1.30. The van der Waals surface area contributed by atoms with Crippen molar-refractivity contribution in [2.45, 2.75) is 39.2 Å². The molecular weight excluding hydrogens is 464 g/mol. The fourth-order valence-corrected chi connectivity index (χ4v) is 5.73. The Morgan fingerprint density at radius 3 is 2.43 bits per heavy atom. The van der Waals surface area contributed by atoms with Crippen LogP contribution in [-0.4, -0.2) is 43.7 Å². The number of pyridine rings is 1. The van der Waals surface area contributed by atoms with Crippen LogP contribution in [0, 0.1) is 0 Å². The van der Waals surface area contributed by atoms with Gasteiger partial charge in [0.05, 0.1) is 22.9 Å². The maximum atomic E-state index is 13.4. The van der Waals surface area contributed by atoms with Gasteiger partial charge in [-0.3, -0.25) is 9.78 Å². The Labute approximate surface area is 205 Å². The highest BCUT2D eigenvalue weighted by Gasteiger charge is 2.32. The molecule has 0 saturated carbocycles. The zero-order valence-corrected chi connectivity index (χ0v) is 20.6. The molecule has 35 heavy (non-hydrogen) atoms. The molecular formula is C27H28N2O5S. The molecule has 0 spiro atoms. The van der Waals surface area contributed by atoms with E-state index in [0.717, 1.165) is 29.5 Å². The van der Waals surface area contributed by atoms with Gasteiger partial charge in [-0.25, -0.2) is 13.2 Å². The van der Waals surface area contributed by atoms with Gasteiger partial charge in [0, 0.05) is 22.2 Å². The van der Waals surface area contributed by atoms with Crippen LogP contribution in [0.4, 0.5) is 5.69 Å². The maximum absolute atomic E-state index is 13.4. The second-order valence-electron chi connectivity index (χ2n) is 8.43. The SMILES string of the molecule is CCCc1nc2ccccc2c(C(=O)OCC(=O)N(c2ccccc2)C2C=CS(=O)(=O)C2)c1CC. The van der Waals surface area contributed by atoms with Crippen molar-refractivity contribution in [1.29, 1.82) is 0 Å². The molecule has 0 aliphatic carbocycles. The number of aryl methyl sites for hydroxylation is 1. The van der Waals surface area contributed by atoms with Crippen LogP contribution in [-0.2, 0) is 32.2 Å². The third kappa shape index (κ3) is 5.27. The number of carbonyl (C=O) groups excluding carboxylic acids is 2. The third-order valence-corrected chi connectivity index (χ3v) is 7.37. The van der Waals surface area contributed by atoms with Gasteiger partial charge in [-0.1, -0.05) is 56.7 Å². The van der Waals surface area contributed by atoms with Crippen LogP contribution >= 0.6 is 0 Å². The molecule has 3 aromatic rings. The van der Waals surface area contributed by atoms with E-state index in [1.807, 2.05) is 37.3 Å². The summed E-state index contributed by atoms with van der Waals surface area (Å²) in [5, 5.41) is 1.81. The number of esters is 1. The number of benzene rings is 2. The molecule has 0 N–H and O–H groups in total. The van der Waals surface area contributed by atoms with Crippen LogP contribution in [0.1, 0.15) is 41.9 Å². The minimum absolute atomic E-state index is 0.211. The summed E-state index contributed by atoms with van der Waals surface area (Å²) in [7, 11) is -3.39. The molecule has 7 nitrogen and oxygen atoms in total. The van der Waals surface area contributed by atoms with Crippen LogP contribution in [0.15, 0.2) is 66.1 Å². The summed E-state index contributed by atoms with van der Waals surface area (Å²) < 4.78 is 29.6. The van der Waals surface area contributed by atoms with Gasteiger partial charge in [-0.2, -0.15) is 0 Å². The Hall–Kier alpha value is -3.52. The molecule has 2 heterocycles. The van der Waals surface area contributed by atoms with Crippen LogP contribution < -0.4 is 4.90 Å². The highest BCUT2D eigenvalue weighted by Crippen LogP contribution is 2.27. The molecule has 0 saturated heterocycles. The normalized spacial score (nSPS) is 16.3. The van der Waals surface area contributed by atoms with E-state index in [2.05, 4.69) is 6.92 Å². The zero-order chi connectivity index (χ0) is 25.0. The number of fused-ring (bicyclic) bond motifs is 1. The number of sulfone groups is 1. The van der Waals surface area contributed by atoms with E-state index in [-0.39, 0.29) is 5.75 Å². The van der Waals surface area contributed by atoms with E-state index in [9.17, 15) is 18.0 Å². The molecule has 4 rings (SSSR count). The lowest BCUT2D eigenvalue weighted by atomic mass is 9.96. The number of ether oxygens (including phenoxy) is 1. The molecule has 0 radical (unpaired) electrons. The first-order chi connectivity index (χ1) is 16.8. The summed E-state index contributed by atoms with van der Waals surface area (Å²) >= 11 is 0. The van der Waals surface area contributed by atoms with Gasteiger partial charge in [0.1, 0.15) is 0 Å². The lowest BCUT2D eigenvalue weighted by Crippen LogP contribution is -2.43. The van der Waals surface area contributed by atoms with E-state index in [1.165, 1.54) is 11.0 Å². The Bertz CT molecular complexity index is 1380. The lowest BCUT2D eigenvalue weighted by Gasteiger charge is -2.27. The fourth-order valence-electron chi connectivity index (χ4n) is 4.46. The molecule has 182 valence electrons. The second kappa shape index (κ2) is 10.4. The number of amides is 1. The number of nitrogens with zero attached hydrogens (tertiary/aromatic N) is 2. The maximum Gasteiger partial charge on any atom is 0.339 e. The smallest absolute Gasteiger partial charge is 0.339 e. The predicted octanol–water partition coefficient (Wildman–Crippen LogP) is 4.25.